The van der Waals surface area contributed by atoms with Gasteiger partial charge in [-0.25, -0.2) is 4.39 Å². The zero-order valence-electron chi connectivity index (χ0n) is 14.9. The SMILES string of the molecule is COCCOC(CF)CC[Si](C)(C)CC[Si](OC)(OC)OC. The molecule has 0 aliphatic heterocycles. The highest BCUT2D eigenvalue weighted by molar-refractivity contribution is 6.79. The molecule has 8 heteroatoms. The number of rotatable bonds is 14. The summed E-state index contributed by atoms with van der Waals surface area (Å²) in [5.74, 6) is 0. The predicted octanol–water partition coefficient (Wildman–Crippen LogP) is 2.96. The second kappa shape index (κ2) is 11.7. The first kappa shape index (κ1) is 22.2. The number of alkyl halides is 1. The van der Waals surface area contributed by atoms with Gasteiger partial charge in [0.1, 0.15) is 6.67 Å². The minimum absolute atomic E-state index is 0.323. The first-order chi connectivity index (χ1) is 10.4. The zero-order valence-corrected chi connectivity index (χ0v) is 16.9. The average molecular weight is 357 g/mol. The first-order valence-electron chi connectivity index (χ1n) is 7.70. The molecular weight excluding hydrogens is 323 g/mol. The van der Waals surface area contributed by atoms with Gasteiger partial charge in [0.15, 0.2) is 0 Å². The third-order valence-corrected chi connectivity index (χ3v) is 10.5. The van der Waals surface area contributed by atoms with Crippen LogP contribution in [0.2, 0.25) is 31.2 Å². The zero-order chi connectivity index (χ0) is 17.1. The fourth-order valence-corrected chi connectivity index (χ4v) is 8.63. The van der Waals surface area contributed by atoms with Gasteiger partial charge in [-0.3, -0.25) is 0 Å². The summed E-state index contributed by atoms with van der Waals surface area (Å²) in [7, 11) is 2.54. The van der Waals surface area contributed by atoms with Crippen molar-refractivity contribution in [1.29, 1.82) is 0 Å². The maximum absolute atomic E-state index is 13.0. The van der Waals surface area contributed by atoms with Gasteiger partial charge in [-0.2, -0.15) is 0 Å². The van der Waals surface area contributed by atoms with Crippen LogP contribution in [-0.4, -0.2) is 71.3 Å². The van der Waals surface area contributed by atoms with E-state index in [1.54, 1.807) is 28.4 Å². The van der Waals surface area contributed by atoms with Crippen molar-refractivity contribution in [3.63, 3.8) is 0 Å². The topological polar surface area (TPSA) is 46.2 Å². The van der Waals surface area contributed by atoms with E-state index in [0.717, 1.165) is 24.6 Å². The van der Waals surface area contributed by atoms with Crippen molar-refractivity contribution < 1.29 is 27.1 Å². The standard InChI is InChI=1S/C14H33FO5Si2/c1-16-8-9-20-14(13-15)7-10-21(5,6)11-12-22(17-2,18-3)19-4/h14H,7-13H2,1-6H3. The molecule has 0 radical (unpaired) electrons. The van der Waals surface area contributed by atoms with Crippen molar-refractivity contribution in [2.45, 2.75) is 43.8 Å². The molecule has 0 saturated heterocycles. The highest BCUT2D eigenvalue weighted by Gasteiger charge is 2.39. The van der Waals surface area contributed by atoms with Crippen LogP contribution in [0.1, 0.15) is 6.42 Å². The number of hydrogen-bond donors (Lipinski definition) is 0. The largest absolute Gasteiger partial charge is 0.499 e. The minimum Gasteiger partial charge on any atom is -0.382 e. The highest BCUT2D eigenvalue weighted by Crippen LogP contribution is 2.26. The molecule has 0 N–H and O–H groups in total. The molecule has 1 unspecified atom stereocenters. The van der Waals surface area contributed by atoms with Gasteiger partial charge in [0.25, 0.3) is 0 Å². The predicted molar refractivity (Wildman–Crippen MR) is 90.9 cm³/mol. The Hall–Kier alpha value is 0.164. The molecule has 0 aliphatic rings. The van der Waals surface area contributed by atoms with Crippen LogP contribution >= 0.6 is 0 Å². The summed E-state index contributed by atoms with van der Waals surface area (Å²) < 4.78 is 39.8. The van der Waals surface area contributed by atoms with Crippen molar-refractivity contribution in [3.8, 4) is 0 Å². The normalized spacial score (nSPS) is 14.3. The van der Waals surface area contributed by atoms with E-state index in [0.29, 0.717) is 13.2 Å². The van der Waals surface area contributed by atoms with Crippen molar-refractivity contribution in [1.82, 2.24) is 0 Å². The van der Waals surface area contributed by atoms with Gasteiger partial charge in [0.2, 0.25) is 0 Å². The third kappa shape index (κ3) is 8.71. The molecule has 0 saturated carbocycles. The fraction of sp³-hybridized carbons (Fsp3) is 1.00. The second-order valence-corrected chi connectivity index (χ2v) is 14.6. The maximum Gasteiger partial charge on any atom is 0.499 e. The van der Waals surface area contributed by atoms with E-state index in [-0.39, 0.29) is 6.10 Å². The van der Waals surface area contributed by atoms with E-state index < -0.39 is 23.6 Å². The Balaban J connectivity index is 4.26. The molecule has 134 valence electrons. The number of ether oxygens (including phenoxy) is 2. The Bertz CT molecular complexity index is 270. The van der Waals surface area contributed by atoms with Gasteiger partial charge in [-0.05, 0) is 6.42 Å². The van der Waals surface area contributed by atoms with Crippen LogP contribution in [0.15, 0.2) is 0 Å². The van der Waals surface area contributed by atoms with E-state index >= 15 is 0 Å². The van der Waals surface area contributed by atoms with Crippen LogP contribution in [0.3, 0.4) is 0 Å². The molecule has 0 aromatic heterocycles. The van der Waals surface area contributed by atoms with E-state index in [4.69, 9.17) is 22.8 Å². The summed E-state index contributed by atoms with van der Waals surface area (Å²) >= 11 is 0. The smallest absolute Gasteiger partial charge is 0.382 e. The molecular formula is C14H33FO5Si2. The molecule has 0 rings (SSSR count). The summed E-state index contributed by atoms with van der Waals surface area (Å²) in [6, 6.07) is 2.85. The molecule has 0 aromatic carbocycles. The lowest BCUT2D eigenvalue weighted by Gasteiger charge is -2.29. The van der Waals surface area contributed by atoms with Crippen molar-refractivity contribution >= 4 is 16.9 Å². The lowest BCUT2D eigenvalue weighted by Crippen LogP contribution is -2.44. The third-order valence-electron chi connectivity index (χ3n) is 4.00. The van der Waals surface area contributed by atoms with Crippen molar-refractivity contribution in [2.24, 2.45) is 0 Å². The molecule has 5 nitrogen and oxygen atoms in total. The molecule has 0 amide bonds. The number of halogens is 1. The summed E-state index contributed by atoms with van der Waals surface area (Å²) in [4.78, 5) is 0. The van der Waals surface area contributed by atoms with E-state index in [1.807, 2.05) is 0 Å². The summed E-state index contributed by atoms with van der Waals surface area (Å²) in [5, 5.41) is 0. The van der Waals surface area contributed by atoms with Crippen molar-refractivity contribution in [2.75, 3.05) is 48.3 Å². The number of methoxy groups -OCH3 is 1. The molecule has 0 heterocycles. The Morgan fingerprint density at radius 3 is 1.91 bits per heavy atom. The Kier molecular flexibility index (Phi) is 11.7. The molecule has 22 heavy (non-hydrogen) atoms. The molecule has 0 spiro atoms. The molecule has 0 aliphatic carbocycles. The Labute approximate surface area is 136 Å². The highest BCUT2D eigenvalue weighted by atomic mass is 28.4. The molecule has 0 bridgehead atoms. The summed E-state index contributed by atoms with van der Waals surface area (Å²) in [5.41, 5.74) is 0. The monoisotopic (exact) mass is 356 g/mol. The van der Waals surface area contributed by atoms with E-state index in [9.17, 15) is 4.39 Å². The Morgan fingerprint density at radius 2 is 1.45 bits per heavy atom. The second-order valence-electron chi connectivity index (χ2n) is 6.14. The summed E-state index contributed by atoms with van der Waals surface area (Å²) in [6.45, 7) is 5.11. The van der Waals surface area contributed by atoms with Crippen molar-refractivity contribution in [3.05, 3.63) is 0 Å². The molecule has 0 fully saturated rings. The Morgan fingerprint density at radius 1 is 0.864 bits per heavy atom. The molecule has 1 atom stereocenters. The van der Waals surface area contributed by atoms with Gasteiger partial charge in [0.05, 0.1) is 19.3 Å². The van der Waals surface area contributed by atoms with Crippen LogP contribution in [0.5, 0.6) is 0 Å². The minimum atomic E-state index is -2.50. The van der Waals surface area contributed by atoms with Crippen LogP contribution < -0.4 is 0 Å². The van der Waals surface area contributed by atoms with Gasteiger partial charge in [-0.15, -0.1) is 0 Å². The van der Waals surface area contributed by atoms with Gasteiger partial charge < -0.3 is 22.8 Å². The average Bonchev–Trinajstić information content (AvgIpc) is 2.52. The number of hydrogen-bond acceptors (Lipinski definition) is 5. The van der Waals surface area contributed by atoms with Gasteiger partial charge in [0, 0.05) is 42.6 Å². The molecule has 0 aromatic rings. The van der Waals surface area contributed by atoms with Crippen LogP contribution in [0.4, 0.5) is 4.39 Å². The van der Waals surface area contributed by atoms with E-state index in [1.165, 1.54) is 0 Å². The van der Waals surface area contributed by atoms with Gasteiger partial charge >= 0.3 is 8.80 Å². The summed E-state index contributed by atoms with van der Waals surface area (Å²) in [6.07, 6.45) is 0.428. The van der Waals surface area contributed by atoms with Crippen LogP contribution in [0, 0.1) is 0 Å². The van der Waals surface area contributed by atoms with Crippen LogP contribution in [0.25, 0.3) is 0 Å². The lowest BCUT2D eigenvalue weighted by molar-refractivity contribution is 0.00384. The van der Waals surface area contributed by atoms with E-state index in [2.05, 4.69) is 13.1 Å². The quantitative estimate of drug-likeness (QED) is 0.354. The fourth-order valence-electron chi connectivity index (χ4n) is 2.23. The first-order valence-corrected chi connectivity index (χ1v) is 13.0. The van der Waals surface area contributed by atoms with Gasteiger partial charge in [-0.1, -0.05) is 25.2 Å². The lowest BCUT2D eigenvalue weighted by atomic mass is 10.3. The van der Waals surface area contributed by atoms with Crippen LogP contribution in [-0.2, 0) is 22.8 Å². The maximum atomic E-state index is 13.0.